The van der Waals surface area contributed by atoms with Crippen molar-refractivity contribution in [1.82, 2.24) is 9.80 Å². The highest BCUT2D eigenvalue weighted by Crippen LogP contribution is 2.23. The largest absolute Gasteiger partial charge is 0.299 e. The SMILES string of the molecule is O=C(Cc1cc(Br)cs1)C1CN2CCN1CC2. The molecule has 3 aliphatic heterocycles. The molecule has 0 saturated carbocycles. The number of fused-ring (bicyclic) bond motifs is 3. The molecule has 2 bridgehead atoms. The molecule has 1 atom stereocenters. The fraction of sp³-hybridized carbons (Fsp3) is 0.583. The molecule has 0 aromatic carbocycles. The molecule has 4 rings (SSSR count). The van der Waals surface area contributed by atoms with E-state index in [1.54, 1.807) is 11.3 Å². The Morgan fingerprint density at radius 1 is 1.41 bits per heavy atom. The molecule has 1 aromatic rings. The van der Waals surface area contributed by atoms with Crippen molar-refractivity contribution in [2.24, 2.45) is 0 Å². The second kappa shape index (κ2) is 4.80. The van der Waals surface area contributed by atoms with Crippen LogP contribution in [0.3, 0.4) is 0 Å². The van der Waals surface area contributed by atoms with E-state index in [9.17, 15) is 4.79 Å². The number of Topliss-reactive ketones (excluding diaryl/α,β-unsaturated/α-hetero) is 1. The summed E-state index contributed by atoms with van der Waals surface area (Å²) in [4.78, 5) is 18.2. The highest BCUT2D eigenvalue weighted by molar-refractivity contribution is 9.10. The van der Waals surface area contributed by atoms with E-state index in [-0.39, 0.29) is 6.04 Å². The molecule has 0 aliphatic carbocycles. The minimum Gasteiger partial charge on any atom is -0.299 e. The van der Waals surface area contributed by atoms with Gasteiger partial charge in [0.2, 0.25) is 0 Å². The molecule has 1 unspecified atom stereocenters. The lowest BCUT2D eigenvalue weighted by molar-refractivity contribution is -0.128. The average molecular weight is 315 g/mol. The van der Waals surface area contributed by atoms with E-state index in [0.29, 0.717) is 12.2 Å². The first-order valence-electron chi connectivity index (χ1n) is 5.94. The summed E-state index contributed by atoms with van der Waals surface area (Å²) in [5.41, 5.74) is 0. The smallest absolute Gasteiger partial charge is 0.156 e. The maximum absolute atomic E-state index is 12.3. The van der Waals surface area contributed by atoms with Crippen molar-refractivity contribution >= 4 is 33.0 Å². The molecule has 1 aromatic heterocycles. The summed E-state index contributed by atoms with van der Waals surface area (Å²) < 4.78 is 1.08. The van der Waals surface area contributed by atoms with Gasteiger partial charge in [0, 0.05) is 53.9 Å². The fourth-order valence-electron chi connectivity index (χ4n) is 2.66. The number of carbonyl (C=O) groups excluding carboxylic acids is 1. The second-order valence-corrected chi connectivity index (χ2v) is 6.64. The van der Waals surface area contributed by atoms with Gasteiger partial charge in [-0.1, -0.05) is 0 Å². The number of rotatable bonds is 3. The van der Waals surface area contributed by atoms with Crippen molar-refractivity contribution < 1.29 is 4.79 Å². The third kappa shape index (κ3) is 2.47. The molecule has 0 N–H and O–H groups in total. The van der Waals surface area contributed by atoms with Crippen LogP contribution in [0, 0.1) is 0 Å². The van der Waals surface area contributed by atoms with Crippen LogP contribution in [0.1, 0.15) is 4.88 Å². The van der Waals surface area contributed by atoms with Crippen LogP contribution < -0.4 is 0 Å². The van der Waals surface area contributed by atoms with Crippen LogP contribution in [0.5, 0.6) is 0 Å². The minimum absolute atomic E-state index is 0.137. The predicted molar refractivity (Wildman–Crippen MR) is 72.5 cm³/mol. The van der Waals surface area contributed by atoms with Gasteiger partial charge in [-0.05, 0) is 22.0 Å². The first kappa shape index (κ1) is 11.8. The van der Waals surface area contributed by atoms with E-state index in [0.717, 1.165) is 37.2 Å². The summed E-state index contributed by atoms with van der Waals surface area (Å²) in [6.45, 7) is 5.32. The molecule has 3 aliphatic rings. The van der Waals surface area contributed by atoms with E-state index >= 15 is 0 Å². The highest BCUT2D eigenvalue weighted by Gasteiger charge is 2.35. The van der Waals surface area contributed by atoms with Gasteiger partial charge in [0.1, 0.15) is 0 Å². The molecular formula is C12H15BrN2OS. The Morgan fingerprint density at radius 2 is 2.18 bits per heavy atom. The van der Waals surface area contributed by atoms with Gasteiger partial charge in [-0.15, -0.1) is 11.3 Å². The van der Waals surface area contributed by atoms with Crippen molar-refractivity contribution in [3.63, 3.8) is 0 Å². The zero-order chi connectivity index (χ0) is 11.8. The molecule has 0 spiro atoms. The Labute approximate surface area is 114 Å². The van der Waals surface area contributed by atoms with E-state index in [4.69, 9.17) is 0 Å². The van der Waals surface area contributed by atoms with Gasteiger partial charge in [0.15, 0.2) is 5.78 Å². The van der Waals surface area contributed by atoms with Crippen molar-refractivity contribution in [3.05, 3.63) is 20.8 Å². The number of hydrogen-bond donors (Lipinski definition) is 0. The number of piperazine rings is 3. The van der Waals surface area contributed by atoms with Crippen LogP contribution in [0.15, 0.2) is 15.9 Å². The van der Waals surface area contributed by atoms with E-state index in [1.165, 1.54) is 4.88 Å². The van der Waals surface area contributed by atoms with Crippen molar-refractivity contribution in [2.75, 3.05) is 32.7 Å². The van der Waals surface area contributed by atoms with Crippen LogP contribution in [-0.2, 0) is 11.2 Å². The lowest BCUT2D eigenvalue weighted by atomic mass is 10.0. The van der Waals surface area contributed by atoms with Crippen LogP contribution in [-0.4, -0.2) is 54.3 Å². The topological polar surface area (TPSA) is 23.6 Å². The van der Waals surface area contributed by atoms with Gasteiger partial charge in [0.25, 0.3) is 0 Å². The third-order valence-electron chi connectivity index (χ3n) is 3.62. The minimum atomic E-state index is 0.137. The second-order valence-electron chi connectivity index (χ2n) is 4.73. The Balaban J connectivity index is 1.66. The lowest BCUT2D eigenvalue weighted by Crippen LogP contribution is -2.63. The van der Waals surface area contributed by atoms with Crippen LogP contribution in [0.4, 0.5) is 0 Å². The number of ketones is 1. The Hall–Kier alpha value is -0.230. The normalized spacial score (nSPS) is 31.7. The standard InChI is InChI=1S/C12H15BrN2OS/c13-9-5-10(17-8-9)6-12(16)11-7-14-1-3-15(11)4-2-14/h5,8,11H,1-4,6-7H2. The summed E-state index contributed by atoms with van der Waals surface area (Å²) in [5, 5.41) is 2.04. The van der Waals surface area contributed by atoms with Crippen LogP contribution in [0.2, 0.25) is 0 Å². The zero-order valence-corrected chi connectivity index (χ0v) is 12.0. The summed E-state index contributed by atoms with van der Waals surface area (Å²) in [6.07, 6.45) is 0.589. The molecule has 3 nitrogen and oxygen atoms in total. The number of carbonyl (C=O) groups is 1. The van der Waals surface area contributed by atoms with Crippen molar-refractivity contribution in [3.8, 4) is 0 Å². The predicted octanol–water partition coefficient (Wildman–Crippen LogP) is 1.62. The monoisotopic (exact) mass is 314 g/mol. The summed E-state index contributed by atoms with van der Waals surface area (Å²) >= 11 is 5.09. The molecule has 3 fully saturated rings. The molecule has 0 radical (unpaired) electrons. The van der Waals surface area contributed by atoms with Gasteiger partial charge in [-0.3, -0.25) is 14.6 Å². The molecular weight excluding hydrogens is 300 g/mol. The number of nitrogens with zero attached hydrogens (tertiary/aromatic N) is 2. The fourth-order valence-corrected chi connectivity index (χ4v) is 4.12. The van der Waals surface area contributed by atoms with E-state index in [2.05, 4.69) is 31.8 Å². The quantitative estimate of drug-likeness (QED) is 0.847. The summed E-state index contributed by atoms with van der Waals surface area (Å²) in [5.74, 6) is 0.378. The van der Waals surface area contributed by atoms with Gasteiger partial charge in [-0.25, -0.2) is 0 Å². The lowest BCUT2D eigenvalue weighted by Gasteiger charge is -2.46. The first-order chi connectivity index (χ1) is 8.22. The maximum atomic E-state index is 12.3. The van der Waals surface area contributed by atoms with Gasteiger partial charge >= 0.3 is 0 Å². The average Bonchev–Trinajstić information content (AvgIpc) is 2.76. The Kier molecular flexibility index (Phi) is 3.34. The number of halogens is 1. The van der Waals surface area contributed by atoms with Crippen LogP contribution in [0.25, 0.3) is 0 Å². The number of thiophene rings is 1. The summed E-state index contributed by atoms with van der Waals surface area (Å²) in [6, 6.07) is 2.19. The van der Waals surface area contributed by atoms with E-state index < -0.39 is 0 Å². The Bertz CT molecular complexity index is 426. The molecule has 17 heavy (non-hydrogen) atoms. The number of hydrogen-bond acceptors (Lipinski definition) is 4. The van der Waals surface area contributed by atoms with Crippen molar-refractivity contribution in [1.29, 1.82) is 0 Å². The highest BCUT2D eigenvalue weighted by atomic mass is 79.9. The molecule has 92 valence electrons. The summed E-state index contributed by atoms with van der Waals surface area (Å²) in [7, 11) is 0. The van der Waals surface area contributed by atoms with Crippen molar-refractivity contribution in [2.45, 2.75) is 12.5 Å². The molecule has 5 heteroatoms. The maximum Gasteiger partial charge on any atom is 0.156 e. The van der Waals surface area contributed by atoms with E-state index in [1.807, 2.05) is 5.38 Å². The Morgan fingerprint density at radius 3 is 2.71 bits per heavy atom. The first-order valence-corrected chi connectivity index (χ1v) is 7.61. The molecule has 3 saturated heterocycles. The zero-order valence-electron chi connectivity index (χ0n) is 9.56. The molecule has 0 amide bonds. The third-order valence-corrected chi connectivity index (χ3v) is 5.32. The van der Waals surface area contributed by atoms with Gasteiger partial charge < -0.3 is 0 Å². The van der Waals surface area contributed by atoms with Crippen LogP contribution >= 0.6 is 27.3 Å². The van der Waals surface area contributed by atoms with Gasteiger partial charge in [-0.2, -0.15) is 0 Å². The van der Waals surface area contributed by atoms with Gasteiger partial charge in [0.05, 0.1) is 6.04 Å². The molecule has 4 heterocycles.